The number of benzene rings is 1. The lowest BCUT2D eigenvalue weighted by atomic mass is 9.94. The van der Waals surface area contributed by atoms with Crippen LogP contribution in [0.1, 0.15) is 40.0 Å². The predicted molar refractivity (Wildman–Crippen MR) is 128 cm³/mol. The van der Waals surface area contributed by atoms with Crippen molar-refractivity contribution < 1.29 is 19.4 Å². The fraction of sp³-hybridized carbons (Fsp3) is 0.636. The molecular formula is C22H34BrN3O4Si. The lowest BCUT2D eigenvalue weighted by Crippen LogP contribution is -2.56. The molecule has 2 N–H and O–H groups in total. The van der Waals surface area contributed by atoms with Crippen LogP contribution in [0.4, 0.5) is 4.79 Å². The standard InChI is InChI=1S/C22H34BrN3O4Si/c1-22(2,3)31(4,5)30-20-7-6-10-26(21(28)29)19(20)12-16(27)13-25-14-24-17-11-15(23)8-9-18(17)25/h8-9,11,14,16,19-20,27H,6-7,10,12-13H2,1-5H3,(H,28,29)/t16?,19-,20+/m1/s1. The number of fused-ring (bicyclic) bond motifs is 1. The van der Waals surface area contributed by atoms with Crippen molar-refractivity contribution in [1.82, 2.24) is 14.5 Å². The van der Waals surface area contributed by atoms with Crippen LogP contribution in [0.3, 0.4) is 0 Å². The maximum atomic E-state index is 12.0. The van der Waals surface area contributed by atoms with Gasteiger partial charge in [-0.1, -0.05) is 36.7 Å². The number of likely N-dealkylation sites (tertiary alicyclic amines) is 1. The van der Waals surface area contributed by atoms with Crippen LogP contribution in [-0.2, 0) is 11.0 Å². The van der Waals surface area contributed by atoms with E-state index in [1.807, 2.05) is 22.8 Å². The molecule has 1 aliphatic heterocycles. The highest BCUT2D eigenvalue weighted by Crippen LogP contribution is 2.39. The van der Waals surface area contributed by atoms with E-state index in [1.54, 1.807) is 6.33 Å². The molecule has 9 heteroatoms. The van der Waals surface area contributed by atoms with Crippen molar-refractivity contribution >= 4 is 41.4 Å². The van der Waals surface area contributed by atoms with Gasteiger partial charge in [0.25, 0.3) is 0 Å². The second-order valence-corrected chi connectivity index (χ2v) is 15.7. The largest absolute Gasteiger partial charge is 0.465 e. The molecule has 2 heterocycles. The fourth-order valence-corrected chi connectivity index (χ4v) is 5.73. The van der Waals surface area contributed by atoms with E-state index in [-0.39, 0.29) is 17.2 Å². The third-order valence-corrected chi connectivity index (χ3v) is 11.7. The van der Waals surface area contributed by atoms with E-state index >= 15 is 0 Å². The summed E-state index contributed by atoms with van der Waals surface area (Å²) in [5.74, 6) is 0. The quantitative estimate of drug-likeness (QED) is 0.527. The monoisotopic (exact) mass is 511 g/mol. The predicted octanol–water partition coefficient (Wildman–Crippen LogP) is 5.08. The van der Waals surface area contributed by atoms with E-state index in [4.69, 9.17) is 4.43 Å². The summed E-state index contributed by atoms with van der Waals surface area (Å²) in [6.07, 6.45) is 1.79. The summed E-state index contributed by atoms with van der Waals surface area (Å²) in [5.41, 5.74) is 1.79. The normalized spacial score (nSPS) is 21.5. The van der Waals surface area contributed by atoms with Crippen molar-refractivity contribution in [3.8, 4) is 0 Å². The Hall–Kier alpha value is -1.42. The van der Waals surface area contributed by atoms with E-state index in [2.05, 4.69) is 54.8 Å². The maximum Gasteiger partial charge on any atom is 0.407 e. The van der Waals surface area contributed by atoms with Crippen molar-refractivity contribution in [3.63, 3.8) is 0 Å². The van der Waals surface area contributed by atoms with E-state index in [9.17, 15) is 15.0 Å². The van der Waals surface area contributed by atoms with Gasteiger partial charge in [-0.15, -0.1) is 0 Å². The van der Waals surface area contributed by atoms with Crippen LogP contribution in [0.5, 0.6) is 0 Å². The lowest BCUT2D eigenvalue weighted by molar-refractivity contribution is -0.00324. The van der Waals surface area contributed by atoms with Crippen LogP contribution >= 0.6 is 15.9 Å². The third-order valence-electron chi connectivity index (χ3n) is 6.72. The average Bonchev–Trinajstić information content (AvgIpc) is 3.03. The molecule has 1 aromatic heterocycles. The summed E-state index contributed by atoms with van der Waals surface area (Å²) in [5, 5.41) is 20.8. The molecule has 1 amide bonds. The minimum atomic E-state index is -2.08. The summed E-state index contributed by atoms with van der Waals surface area (Å²) in [6.45, 7) is 11.8. The maximum absolute atomic E-state index is 12.0. The van der Waals surface area contributed by atoms with Gasteiger partial charge < -0.3 is 24.1 Å². The van der Waals surface area contributed by atoms with Crippen LogP contribution in [0.2, 0.25) is 18.1 Å². The van der Waals surface area contributed by atoms with Gasteiger partial charge in [0.05, 0.1) is 42.2 Å². The Balaban J connectivity index is 1.78. The zero-order valence-corrected chi connectivity index (χ0v) is 21.6. The smallest absolute Gasteiger partial charge is 0.407 e. The van der Waals surface area contributed by atoms with Gasteiger partial charge in [0, 0.05) is 11.0 Å². The van der Waals surface area contributed by atoms with Gasteiger partial charge in [-0.2, -0.15) is 0 Å². The first-order chi connectivity index (χ1) is 14.4. The molecule has 0 bridgehead atoms. The molecule has 1 unspecified atom stereocenters. The molecule has 3 atom stereocenters. The Labute approximate surface area is 193 Å². The number of aliphatic hydroxyl groups is 1. The van der Waals surface area contributed by atoms with Crippen molar-refractivity contribution in [2.75, 3.05) is 6.54 Å². The van der Waals surface area contributed by atoms with Gasteiger partial charge >= 0.3 is 6.09 Å². The molecule has 172 valence electrons. The van der Waals surface area contributed by atoms with Crippen LogP contribution < -0.4 is 0 Å². The first kappa shape index (κ1) is 24.2. The van der Waals surface area contributed by atoms with Gasteiger partial charge in [0.15, 0.2) is 8.32 Å². The lowest BCUT2D eigenvalue weighted by Gasteiger charge is -2.46. The minimum Gasteiger partial charge on any atom is -0.465 e. The number of hydrogen-bond donors (Lipinski definition) is 2. The third kappa shape index (κ3) is 5.50. The first-order valence-electron chi connectivity index (χ1n) is 10.8. The number of aromatic nitrogens is 2. The van der Waals surface area contributed by atoms with E-state index in [0.717, 1.165) is 28.3 Å². The Morgan fingerprint density at radius 3 is 2.74 bits per heavy atom. The highest BCUT2D eigenvalue weighted by Gasteiger charge is 2.44. The number of aliphatic hydroxyl groups excluding tert-OH is 1. The second kappa shape index (κ2) is 9.21. The summed E-state index contributed by atoms with van der Waals surface area (Å²) >= 11 is 3.45. The topological polar surface area (TPSA) is 87.8 Å². The highest BCUT2D eigenvalue weighted by atomic mass is 79.9. The number of carbonyl (C=O) groups is 1. The molecule has 7 nitrogen and oxygen atoms in total. The number of hydrogen-bond acceptors (Lipinski definition) is 4. The molecule has 2 aromatic rings. The highest BCUT2D eigenvalue weighted by molar-refractivity contribution is 9.10. The summed E-state index contributed by atoms with van der Waals surface area (Å²) in [6, 6.07) is 5.49. The van der Waals surface area contributed by atoms with Crippen molar-refractivity contribution in [1.29, 1.82) is 0 Å². The van der Waals surface area contributed by atoms with E-state index < -0.39 is 20.5 Å². The number of nitrogens with zero attached hydrogens (tertiary/aromatic N) is 3. The van der Waals surface area contributed by atoms with Gasteiger partial charge in [-0.3, -0.25) is 0 Å². The number of halogens is 1. The molecule has 1 fully saturated rings. The number of imidazole rings is 1. The van der Waals surface area contributed by atoms with Gasteiger partial charge in [-0.05, 0) is 55.6 Å². The number of piperidine rings is 1. The molecular weight excluding hydrogens is 478 g/mol. The molecule has 1 saturated heterocycles. The second-order valence-electron chi connectivity index (χ2n) is 10.0. The minimum absolute atomic E-state index is 0.0334. The van der Waals surface area contributed by atoms with E-state index in [1.165, 1.54) is 4.90 Å². The SMILES string of the molecule is CC(C)(C)[Si](C)(C)O[C@H]1CCCN(C(=O)O)[C@@H]1CC(O)Cn1cnc2cc(Br)ccc21. The fourth-order valence-electron chi connectivity index (χ4n) is 3.99. The van der Waals surface area contributed by atoms with Crippen molar-refractivity contribution in [2.24, 2.45) is 0 Å². The van der Waals surface area contributed by atoms with E-state index in [0.29, 0.717) is 19.5 Å². The molecule has 0 aliphatic carbocycles. The summed E-state index contributed by atoms with van der Waals surface area (Å²) in [7, 11) is -2.08. The number of rotatable bonds is 6. The number of carboxylic acid groups (broad SMARTS) is 1. The Kier molecular flexibility index (Phi) is 7.20. The Bertz CT molecular complexity index is 927. The van der Waals surface area contributed by atoms with Gasteiger partial charge in [0.1, 0.15) is 0 Å². The van der Waals surface area contributed by atoms with Crippen LogP contribution in [0, 0.1) is 0 Å². The van der Waals surface area contributed by atoms with Crippen LogP contribution in [0.25, 0.3) is 11.0 Å². The molecule has 0 saturated carbocycles. The molecule has 0 spiro atoms. The first-order valence-corrected chi connectivity index (χ1v) is 14.5. The van der Waals surface area contributed by atoms with Crippen LogP contribution in [-0.4, -0.2) is 63.9 Å². The van der Waals surface area contributed by atoms with Crippen molar-refractivity contribution in [2.45, 2.75) is 83.0 Å². The molecule has 3 rings (SSSR count). The Morgan fingerprint density at radius 2 is 2.10 bits per heavy atom. The van der Waals surface area contributed by atoms with Gasteiger partial charge in [0.2, 0.25) is 0 Å². The Morgan fingerprint density at radius 1 is 1.39 bits per heavy atom. The zero-order valence-electron chi connectivity index (χ0n) is 19.0. The number of amides is 1. The van der Waals surface area contributed by atoms with Crippen LogP contribution in [0.15, 0.2) is 29.0 Å². The van der Waals surface area contributed by atoms with Crippen molar-refractivity contribution in [3.05, 3.63) is 29.0 Å². The van der Waals surface area contributed by atoms with Gasteiger partial charge in [-0.25, -0.2) is 9.78 Å². The zero-order chi connectivity index (χ0) is 23.0. The summed E-state index contributed by atoms with van der Waals surface area (Å²) < 4.78 is 9.53. The average molecular weight is 513 g/mol. The molecule has 31 heavy (non-hydrogen) atoms. The molecule has 1 aliphatic rings. The molecule has 0 radical (unpaired) electrons. The summed E-state index contributed by atoms with van der Waals surface area (Å²) in [4.78, 5) is 17.8. The molecule has 1 aromatic carbocycles.